The quantitative estimate of drug-likeness (QED) is 0.259. The molecule has 0 amide bonds. The summed E-state index contributed by atoms with van der Waals surface area (Å²) in [6.07, 6.45) is 19.4. The van der Waals surface area contributed by atoms with Crippen molar-refractivity contribution in [2.24, 2.45) is 0 Å². The molecule has 0 bridgehead atoms. The molecule has 0 atom stereocenters. The van der Waals surface area contributed by atoms with Crippen molar-refractivity contribution in [1.82, 2.24) is 4.98 Å². The van der Waals surface area contributed by atoms with E-state index < -0.39 is 0 Å². The SMILES string of the molecule is CCCCCCCCCCCCCCCC(=O)Oc1c[nH]c2ccccc12. The normalized spacial score (nSPS) is 11.1. The van der Waals surface area contributed by atoms with Crippen molar-refractivity contribution in [1.29, 1.82) is 0 Å². The van der Waals surface area contributed by atoms with Crippen LogP contribution in [0.3, 0.4) is 0 Å². The number of aromatic amines is 1. The van der Waals surface area contributed by atoms with Crippen molar-refractivity contribution in [3.05, 3.63) is 30.5 Å². The van der Waals surface area contributed by atoms with E-state index in [2.05, 4.69) is 11.9 Å². The minimum absolute atomic E-state index is 0.122. The molecule has 0 saturated heterocycles. The topological polar surface area (TPSA) is 42.1 Å². The zero-order valence-electron chi connectivity index (χ0n) is 17.1. The number of carbonyl (C=O) groups is 1. The first-order valence-electron chi connectivity index (χ1n) is 11.1. The standard InChI is InChI=1S/C24H37NO2/c1-2-3-4-5-6-7-8-9-10-11-12-13-14-19-24(26)27-23-20-25-22-18-16-15-17-21(22)23/h15-18,20,25H,2-14,19H2,1H3. The number of H-pyrrole nitrogens is 1. The van der Waals surface area contributed by atoms with Gasteiger partial charge in [0.1, 0.15) is 0 Å². The molecule has 27 heavy (non-hydrogen) atoms. The van der Waals surface area contributed by atoms with Gasteiger partial charge in [0.05, 0.1) is 0 Å². The molecular formula is C24H37NO2. The second-order valence-corrected chi connectivity index (χ2v) is 7.67. The van der Waals surface area contributed by atoms with E-state index >= 15 is 0 Å². The molecule has 1 aromatic heterocycles. The number of ether oxygens (including phenoxy) is 1. The largest absolute Gasteiger partial charge is 0.424 e. The van der Waals surface area contributed by atoms with Crippen LogP contribution in [0.2, 0.25) is 0 Å². The summed E-state index contributed by atoms with van der Waals surface area (Å²) in [5, 5.41) is 0.969. The summed E-state index contributed by atoms with van der Waals surface area (Å²) in [5.74, 6) is 0.521. The van der Waals surface area contributed by atoms with Crippen LogP contribution < -0.4 is 4.74 Å². The fourth-order valence-electron chi connectivity index (χ4n) is 3.59. The van der Waals surface area contributed by atoms with Gasteiger partial charge in [0.2, 0.25) is 0 Å². The Kier molecular flexibility index (Phi) is 10.7. The lowest BCUT2D eigenvalue weighted by molar-refractivity contribution is -0.134. The highest BCUT2D eigenvalue weighted by Gasteiger charge is 2.09. The third-order valence-corrected chi connectivity index (χ3v) is 5.26. The van der Waals surface area contributed by atoms with Crippen LogP contribution >= 0.6 is 0 Å². The first-order valence-corrected chi connectivity index (χ1v) is 11.1. The van der Waals surface area contributed by atoms with Gasteiger partial charge in [0.15, 0.2) is 5.75 Å². The van der Waals surface area contributed by atoms with Crippen molar-refractivity contribution in [3.63, 3.8) is 0 Å². The Bertz CT molecular complexity index is 647. The summed E-state index contributed by atoms with van der Waals surface area (Å²) in [4.78, 5) is 15.2. The average Bonchev–Trinajstić information content (AvgIpc) is 3.08. The van der Waals surface area contributed by atoms with Crippen LogP contribution in [0.5, 0.6) is 5.75 Å². The number of hydrogen-bond donors (Lipinski definition) is 1. The molecular weight excluding hydrogens is 334 g/mol. The fourth-order valence-corrected chi connectivity index (χ4v) is 3.59. The third-order valence-electron chi connectivity index (χ3n) is 5.26. The molecule has 3 nitrogen and oxygen atoms in total. The first kappa shape index (κ1) is 21.5. The lowest BCUT2D eigenvalue weighted by Crippen LogP contribution is -2.07. The lowest BCUT2D eigenvalue weighted by Gasteiger charge is -2.04. The van der Waals surface area contributed by atoms with Crippen LogP contribution in [0.15, 0.2) is 30.5 Å². The van der Waals surface area contributed by atoms with Gasteiger partial charge in [0, 0.05) is 23.5 Å². The maximum Gasteiger partial charge on any atom is 0.311 e. The van der Waals surface area contributed by atoms with Crippen LogP contribution in [0.1, 0.15) is 96.8 Å². The van der Waals surface area contributed by atoms with E-state index in [1.165, 1.54) is 70.6 Å². The molecule has 0 radical (unpaired) electrons. The van der Waals surface area contributed by atoms with Crippen molar-refractivity contribution >= 4 is 16.9 Å². The number of benzene rings is 1. The first-order chi connectivity index (χ1) is 13.3. The summed E-state index contributed by atoms with van der Waals surface area (Å²) in [5.41, 5.74) is 1.00. The molecule has 3 heteroatoms. The number of esters is 1. The van der Waals surface area contributed by atoms with Crippen LogP contribution in [-0.4, -0.2) is 11.0 Å². The van der Waals surface area contributed by atoms with E-state index in [4.69, 9.17) is 4.74 Å². The predicted octanol–water partition coefficient (Wildman–Crippen LogP) is 7.55. The zero-order chi connectivity index (χ0) is 19.2. The lowest BCUT2D eigenvalue weighted by atomic mass is 10.0. The minimum atomic E-state index is -0.122. The summed E-state index contributed by atoms with van der Waals surface area (Å²) < 4.78 is 5.50. The van der Waals surface area contributed by atoms with Crippen LogP contribution in [-0.2, 0) is 4.79 Å². The Morgan fingerprint density at radius 2 is 1.37 bits per heavy atom. The van der Waals surface area contributed by atoms with E-state index in [1.54, 1.807) is 6.20 Å². The number of fused-ring (bicyclic) bond motifs is 1. The van der Waals surface area contributed by atoms with E-state index in [1.807, 2.05) is 24.3 Å². The summed E-state index contributed by atoms with van der Waals surface area (Å²) in [6.45, 7) is 2.27. The second kappa shape index (κ2) is 13.4. The van der Waals surface area contributed by atoms with Gasteiger partial charge in [-0.2, -0.15) is 0 Å². The van der Waals surface area contributed by atoms with Gasteiger partial charge in [-0.15, -0.1) is 0 Å². The smallest absolute Gasteiger partial charge is 0.311 e. The molecule has 0 aliphatic heterocycles. The molecule has 0 aliphatic rings. The minimum Gasteiger partial charge on any atom is -0.424 e. The molecule has 0 spiro atoms. The second-order valence-electron chi connectivity index (χ2n) is 7.67. The Balaban J connectivity index is 1.42. The highest BCUT2D eigenvalue weighted by molar-refractivity contribution is 5.88. The zero-order valence-corrected chi connectivity index (χ0v) is 17.1. The van der Waals surface area contributed by atoms with E-state index in [-0.39, 0.29) is 5.97 Å². The van der Waals surface area contributed by atoms with Gasteiger partial charge in [0.25, 0.3) is 0 Å². The van der Waals surface area contributed by atoms with Crippen LogP contribution in [0, 0.1) is 0 Å². The summed E-state index contributed by atoms with van der Waals surface area (Å²) >= 11 is 0. The van der Waals surface area contributed by atoms with E-state index in [0.29, 0.717) is 12.2 Å². The van der Waals surface area contributed by atoms with Crippen molar-refractivity contribution < 1.29 is 9.53 Å². The highest BCUT2D eigenvalue weighted by Crippen LogP contribution is 2.25. The van der Waals surface area contributed by atoms with Crippen LogP contribution in [0.4, 0.5) is 0 Å². The Morgan fingerprint density at radius 1 is 0.815 bits per heavy atom. The van der Waals surface area contributed by atoms with E-state index in [0.717, 1.165) is 23.7 Å². The van der Waals surface area contributed by atoms with Gasteiger partial charge in [-0.3, -0.25) is 4.79 Å². The van der Waals surface area contributed by atoms with Gasteiger partial charge in [-0.05, 0) is 18.6 Å². The molecule has 0 unspecified atom stereocenters. The van der Waals surface area contributed by atoms with Gasteiger partial charge in [-0.25, -0.2) is 0 Å². The van der Waals surface area contributed by atoms with Crippen molar-refractivity contribution in [2.45, 2.75) is 96.8 Å². The van der Waals surface area contributed by atoms with Gasteiger partial charge >= 0.3 is 5.97 Å². The van der Waals surface area contributed by atoms with Gasteiger partial charge in [-0.1, -0.05) is 96.1 Å². The molecule has 1 heterocycles. The summed E-state index contributed by atoms with van der Waals surface area (Å²) in [7, 11) is 0. The number of hydrogen-bond acceptors (Lipinski definition) is 2. The molecule has 0 saturated carbocycles. The number of unbranched alkanes of at least 4 members (excludes halogenated alkanes) is 12. The molecule has 2 aromatic rings. The highest BCUT2D eigenvalue weighted by atomic mass is 16.5. The summed E-state index contributed by atoms with van der Waals surface area (Å²) in [6, 6.07) is 7.89. The van der Waals surface area contributed by atoms with Crippen LogP contribution in [0.25, 0.3) is 10.9 Å². The van der Waals surface area contributed by atoms with Gasteiger partial charge < -0.3 is 9.72 Å². The average molecular weight is 372 g/mol. The third kappa shape index (κ3) is 8.64. The Labute approximate surface area is 164 Å². The number of nitrogens with one attached hydrogen (secondary N) is 1. The number of carbonyl (C=O) groups excluding carboxylic acids is 1. The molecule has 150 valence electrons. The number of rotatable bonds is 15. The molecule has 1 N–H and O–H groups in total. The van der Waals surface area contributed by atoms with E-state index in [9.17, 15) is 4.79 Å². The molecule has 2 rings (SSSR count). The van der Waals surface area contributed by atoms with Crippen molar-refractivity contribution in [2.75, 3.05) is 0 Å². The molecule has 0 fully saturated rings. The Morgan fingerprint density at radius 3 is 2.00 bits per heavy atom. The molecule has 0 aliphatic carbocycles. The van der Waals surface area contributed by atoms with Crippen molar-refractivity contribution in [3.8, 4) is 5.75 Å². The number of aromatic nitrogens is 1. The maximum absolute atomic E-state index is 12.0. The Hall–Kier alpha value is -1.77. The fraction of sp³-hybridized carbons (Fsp3) is 0.625. The maximum atomic E-state index is 12.0. The monoisotopic (exact) mass is 371 g/mol. The molecule has 1 aromatic carbocycles. The number of para-hydroxylation sites is 1. The predicted molar refractivity (Wildman–Crippen MR) is 114 cm³/mol.